The van der Waals surface area contributed by atoms with Crippen molar-refractivity contribution < 1.29 is 18.7 Å². The molecule has 1 aliphatic rings. The third kappa shape index (κ3) is 4.57. The minimum atomic E-state index is -0.731. The molecule has 7 heteroatoms. The average Bonchev–Trinajstić information content (AvgIpc) is 3.20. The molecule has 1 aliphatic heterocycles. The molecule has 0 spiro atoms. The molecule has 0 radical (unpaired) electrons. The fourth-order valence-corrected chi connectivity index (χ4v) is 4.75. The molecule has 7 nitrogen and oxygen atoms in total. The smallest absolute Gasteiger partial charge is 0.296 e. The maximum atomic E-state index is 13.8. The molecule has 5 rings (SSSR count). The number of para-hydroxylation sites is 1. The van der Waals surface area contributed by atoms with E-state index in [-0.39, 0.29) is 11.2 Å². The van der Waals surface area contributed by atoms with Gasteiger partial charge in [-0.15, -0.1) is 0 Å². The lowest BCUT2D eigenvalue weighted by atomic mass is 9.98. The molecule has 2 aromatic carbocycles. The summed E-state index contributed by atoms with van der Waals surface area (Å²) in [5.74, 6) is 1.29. The van der Waals surface area contributed by atoms with Gasteiger partial charge in [-0.3, -0.25) is 14.5 Å². The summed E-state index contributed by atoms with van der Waals surface area (Å²) in [5.41, 5.74) is 1.91. The van der Waals surface area contributed by atoms with Gasteiger partial charge in [0.2, 0.25) is 5.76 Å². The second-order valence-corrected chi connectivity index (χ2v) is 9.08. The Labute approximate surface area is 215 Å². The van der Waals surface area contributed by atoms with E-state index in [0.717, 1.165) is 25.0 Å². The molecule has 0 saturated carbocycles. The zero-order valence-electron chi connectivity index (χ0n) is 21.3. The Morgan fingerprint density at radius 3 is 2.57 bits per heavy atom. The van der Waals surface area contributed by atoms with Crippen LogP contribution in [0.25, 0.3) is 11.0 Å². The Bertz CT molecular complexity index is 1510. The van der Waals surface area contributed by atoms with Crippen molar-refractivity contribution in [1.29, 1.82) is 0 Å². The lowest BCUT2D eigenvalue weighted by Crippen LogP contribution is -2.30. The van der Waals surface area contributed by atoms with Crippen LogP contribution in [0.5, 0.6) is 11.5 Å². The zero-order valence-corrected chi connectivity index (χ0v) is 21.3. The minimum absolute atomic E-state index is 0.0369. The number of pyridine rings is 1. The highest BCUT2D eigenvalue weighted by Crippen LogP contribution is 2.43. The summed E-state index contributed by atoms with van der Waals surface area (Å²) < 4.78 is 18.0. The molecule has 0 N–H and O–H groups in total. The van der Waals surface area contributed by atoms with Crippen LogP contribution in [0.2, 0.25) is 0 Å². The van der Waals surface area contributed by atoms with E-state index in [4.69, 9.17) is 13.9 Å². The average molecular weight is 499 g/mol. The molecule has 2 aromatic heterocycles. The number of aromatic nitrogens is 1. The van der Waals surface area contributed by atoms with Crippen molar-refractivity contribution >= 4 is 22.7 Å². The molecule has 190 valence electrons. The first-order chi connectivity index (χ1) is 18.0. The number of nitrogens with zero attached hydrogens (tertiary/aromatic N) is 2. The summed E-state index contributed by atoms with van der Waals surface area (Å²) in [6, 6.07) is 17.3. The van der Waals surface area contributed by atoms with Gasteiger partial charge in [-0.25, -0.2) is 4.98 Å². The van der Waals surface area contributed by atoms with Crippen molar-refractivity contribution in [3.8, 4) is 11.5 Å². The van der Waals surface area contributed by atoms with Crippen LogP contribution < -0.4 is 19.8 Å². The molecular formula is C30H30N2O5. The molecule has 1 amide bonds. The summed E-state index contributed by atoms with van der Waals surface area (Å²) in [7, 11) is 0. The van der Waals surface area contributed by atoms with E-state index >= 15 is 0 Å². The van der Waals surface area contributed by atoms with Gasteiger partial charge in [0.05, 0.1) is 30.2 Å². The van der Waals surface area contributed by atoms with Gasteiger partial charge in [0.1, 0.15) is 11.4 Å². The first kappa shape index (κ1) is 24.6. The van der Waals surface area contributed by atoms with Crippen LogP contribution in [0, 0.1) is 6.92 Å². The number of unbranched alkanes of at least 4 members (excludes halogenated alkanes) is 2. The first-order valence-corrected chi connectivity index (χ1v) is 12.8. The van der Waals surface area contributed by atoms with Crippen LogP contribution in [-0.4, -0.2) is 24.1 Å². The number of ether oxygens (including phenoxy) is 2. The SMILES string of the molecule is CCCCCOc1ccc(C2c3c(oc4ccccc4c3=O)C(=O)N2c2cccc(C)n2)cc1OCC. The van der Waals surface area contributed by atoms with Crippen LogP contribution in [0.3, 0.4) is 0 Å². The second kappa shape index (κ2) is 10.5. The summed E-state index contributed by atoms with van der Waals surface area (Å²) >= 11 is 0. The first-order valence-electron chi connectivity index (χ1n) is 12.8. The lowest BCUT2D eigenvalue weighted by molar-refractivity contribution is 0.0970. The number of benzene rings is 2. The van der Waals surface area contributed by atoms with Crippen molar-refractivity contribution in [3.63, 3.8) is 0 Å². The van der Waals surface area contributed by atoms with Crippen LogP contribution in [0.15, 0.2) is 69.9 Å². The number of aryl methyl sites for hydroxylation is 1. The Hall–Kier alpha value is -4.13. The van der Waals surface area contributed by atoms with E-state index in [1.54, 1.807) is 30.3 Å². The summed E-state index contributed by atoms with van der Waals surface area (Å²) in [6.45, 7) is 6.96. The Balaban J connectivity index is 1.67. The van der Waals surface area contributed by atoms with E-state index < -0.39 is 11.9 Å². The molecule has 4 aromatic rings. The highest BCUT2D eigenvalue weighted by Gasteiger charge is 2.44. The van der Waals surface area contributed by atoms with Gasteiger partial charge in [0.15, 0.2) is 16.9 Å². The molecular weight excluding hydrogens is 468 g/mol. The highest BCUT2D eigenvalue weighted by molar-refractivity contribution is 6.10. The molecule has 37 heavy (non-hydrogen) atoms. The number of rotatable bonds is 9. The molecule has 0 fully saturated rings. The van der Waals surface area contributed by atoms with Crippen molar-refractivity contribution in [2.75, 3.05) is 18.1 Å². The third-order valence-electron chi connectivity index (χ3n) is 6.49. The van der Waals surface area contributed by atoms with Gasteiger partial charge in [-0.2, -0.15) is 0 Å². The quantitative estimate of drug-likeness (QED) is 0.255. The van der Waals surface area contributed by atoms with Crippen molar-refractivity contribution in [1.82, 2.24) is 4.98 Å². The zero-order chi connectivity index (χ0) is 25.9. The Kier molecular flexibility index (Phi) is 6.95. The Morgan fingerprint density at radius 1 is 0.946 bits per heavy atom. The second-order valence-electron chi connectivity index (χ2n) is 9.08. The topological polar surface area (TPSA) is 81.9 Å². The Morgan fingerprint density at radius 2 is 1.78 bits per heavy atom. The van der Waals surface area contributed by atoms with Crippen molar-refractivity contribution in [2.24, 2.45) is 0 Å². The van der Waals surface area contributed by atoms with E-state index in [2.05, 4.69) is 11.9 Å². The van der Waals surface area contributed by atoms with Crippen LogP contribution in [0.1, 0.15) is 66.5 Å². The van der Waals surface area contributed by atoms with Crippen LogP contribution in [0.4, 0.5) is 5.82 Å². The standard InChI is InChI=1S/C30H30N2O5/c1-4-6-9-17-36-23-16-15-20(18-24(23)35-5-2)27-26-28(33)21-12-7-8-13-22(21)37-29(26)30(34)32(27)25-14-10-11-19(3)31-25/h7-8,10-16,18,27H,4-6,9,17H2,1-3H3. The molecule has 1 atom stereocenters. The van der Waals surface area contributed by atoms with Gasteiger partial charge in [0.25, 0.3) is 5.91 Å². The minimum Gasteiger partial charge on any atom is -0.490 e. The lowest BCUT2D eigenvalue weighted by Gasteiger charge is -2.25. The number of hydrogen-bond donors (Lipinski definition) is 0. The number of amides is 1. The normalized spacial score (nSPS) is 14.7. The van der Waals surface area contributed by atoms with Gasteiger partial charge < -0.3 is 13.9 Å². The molecule has 3 heterocycles. The van der Waals surface area contributed by atoms with E-state index in [1.807, 2.05) is 44.2 Å². The maximum Gasteiger partial charge on any atom is 0.296 e. The third-order valence-corrected chi connectivity index (χ3v) is 6.49. The molecule has 1 unspecified atom stereocenters. The van der Waals surface area contributed by atoms with Gasteiger partial charge in [-0.05, 0) is 62.2 Å². The van der Waals surface area contributed by atoms with Gasteiger partial charge in [-0.1, -0.05) is 44.0 Å². The number of fused-ring (bicyclic) bond motifs is 2. The van der Waals surface area contributed by atoms with Gasteiger partial charge in [0, 0.05) is 5.69 Å². The predicted molar refractivity (Wildman–Crippen MR) is 143 cm³/mol. The van der Waals surface area contributed by atoms with E-state index in [1.165, 1.54) is 4.90 Å². The number of carbonyl (C=O) groups excluding carboxylic acids is 1. The van der Waals surface area contributed by atoms with Crippen LogP contribution >= 0.6 is 0 Å². The molecule has 0 aliphatic carbocycles. The van der Waals surface area contributed by atoms with Crippen molar-refractivity contribution in [3.05, 3.63) is 93.5 Å². The number of anilines is 1. The summed E-state index contributed by atoms with van der Waals surface area (Å²) in [5, 5.41) is 0.430. The van der Waals surface area contributed by atoms with E-state index in [9.17, 15) is 9.59 Å². The van der Waals surface area contributed by atoms with Crippen LogP contribution in [-0.2, 0) is 0 Å². The molecule has 0 bridgehead atoms. The fourth-order valence-electron chi connectivity index (χ4n) is 4.75. The number of carbonyl (C=O) groups is 1. The summed E-state index contributed by atoms with van der Waals surface area (Å²) in [4.78, 5) is 33.7. The summed E-state index contributed by atoms with van der Waals surface area (Å²) in [6.07, 6.45) is 3.15. The number of hydrogen-bond acceptors (Lipinski definition) is 6. The van der Waals surface area contributed by atoms with E-state index in [0.29, 0.717) is 52.6 Å². The highest BCUT2D eigenvalue weighted by atomic mass is 16.5. The fraction of sp³-hybridized carbons (Fsp3) is 0.300. The predicted octanol–water partition coefficient (Wildman–Crippen LogP) is 6.21. The van der Waals surface area contributed by atoms with Gasteiger partial charge >= 0.3 is 0 Å². The largest absolute Gasteiger partial charge is 0.490 e. The molecule has 0 saturated heterocycles. The maximum absolute atomic E-state index is 13.8. The monoisotopic (exact) mass is 498 g/mol. The van der Waals surface area contributed by atoms with Crippen molar-refractivity contribution in [2.45, 2.75) is 46.1 Å².